The number of hydrogen-bond donors (Lipinski definition) is 0. The molecule has 0 saturated carbocycles. The molecule has 0 unspecified atom stereocenters. The average molecular weight is 319 g/mol. The predicted octanol–water partition coefficient (Wildman–Crippen LogP) is 2.74. The number of rotatable bonds is 10. The number of benzene rings is 1. The Morgan fingerprint density at radius 3 is 2.17 bits per heavy atom. The fourth-order valence-electron chi connectivity index (χ4n) is 1.97. The summed E-state index contributed by atoms with van der Waals surface area (Å²) in [5.41, 5.74) is 3.12. The van der Waals surface area contributed by atoms with Gasteiger partial charge < -0.3 is 14.2 Å². The SMILES string of the molecule is COCCOCc1ccc(COCc2cn(C(C)C)nn2)cc1. The van der Waals surface area contributed by atoms with Crippen LogP contribution in [0.4, 0.5) is 0 Å². The van der Waals surface area contributed by atoms with Gasteiger partial charge in [0.05, 0.1) is 39.2 Å². The number of nitrogens with zero attached hydrogens (tertiary/aromatic N) is 3. The van der Waals surface area contributed by atoms with Gasteiger partial charge in [0.25, 0.3) is 0 Å². The quantitative estimate of drug-likeness (QED) is 0.630. The molecule has 2 aromatic rings. The molecule has 0 N–H and O–H groups in total. The lowest BCUT2D eigenvalue weighted by Gasteiger charge is -2.06. The lowest BCUT2D eigenvalue weighted by molar-refractivity contribution is 0.0616. The summed E-state index contributed by atoms with van der Waals surface area (Å²) < 4.78 is 17.9. The van der Waals surface area contributed by atoms with E-state index in [2.05, 4.69) is 48.4 Å². The van der Waals surface area contributed by atoms with Crippen LogP contribution in [-0.2, 0) is 34.0 Å². The van der Waals surface area contributed by atoms with Gasteiger partial charge in [-0.25, -0.2) is 4.68 Å². The molecule has 0 fully saturated rings. The Morgan fingerprint density at radius 2 is 1.61 bits per heavy atom. The van der Waals surface area contributed by atoms with E-state index in [9.17, 15) is 0 Å². The Labute approximate surface area is 137 Å². The fourth-order valence-corrected chi connectivity index (χ4v) is 1.97. The highest BCUT2D eigenvalue weighted by Crippen LogP contribution is 2.09. The number of aromatic nitrogens is 3. The van der Waals surface area contributed by atoms with Gasteiger partial charge in [-0.05, 0) is 25.0 Å². The van der Waals surface area contributed by atoms with Crippen LogP contribution < -0.4 is 0 Å². The van der Waals surface area contributed by atoms with E-state index in [0.717, 1.165) is 16.8 Å². The smallest absolute Gasteiger partial charge is 0.108 e. The van der Waals surface area contributed by atoms with Gasteiger partial charge in [0.15, 0.2) is 0 Å². The molecule has 0 atom stereocenters. The van der Waals surface area contributed by atoms with Gasteiger partial charge in [0.1, 0.15) is 5.69 Å². The van der Waals surface area contributed by atoms with E-state index in [-0.39, 0.29) is 0 Å². The van der Waals surface area contributed by atoms with E-state index in [4.69, 9.17) is 14.2 Å². The van der Waals surface area contributed by atoms with Gasteiger partial charge in [0.2, 0.25) is 0 Å². The van der Waals surface area contributed by atoms with Gasteiger partial charge in [0, 0.05) is 13.2 Å². The number of methoxy groups -OCH3 is 1. The first kappa shape index (κ1) is 17.6. The highest BCUT2D eigenvalue weighted by Gasteiger charge is 2.04. The lowest BCUT2D eigenvalue weighted by atomic mass is 10.1. The molecule has 0 aliphatic carbocycles. The molecule has 0 radical (unpaired) electrons. The molecule has 0 aliphatic heterocycles. The lowest BCUT2D eigenvalue weighted by Crippen LogP contribution is -2.02. The zero-order chi connectivity index (χ0) is 16.5. The van der Waals surface area contributed by atoms with E-state index < -0.39 is 0 Å². The van der Waals surface area contributed by atoms with E-state index in [0.29, 0.717) is 39.1 Å². The van der Waals surface area contributed by atoms with E-state index in [1.165, 1.54) is 0 Å². The number of hydrogen-bond acceptors (Lipinski definition) is 5. The Morgan fingerprint density at radius 1 is 0.957 bits per heavy atom. The summed E-state index contributed by atoms with van der Waals surface area (Å²) in [5.74, 6) is 0. The summed E-state index contributed by atoms with van der Waals surface area (Å²) in [6.45, 7) is 6.99. The van der Waals surface area contributed by atoms with Crippen LogP contribution in [-0.4, -0.2) is 35.3 Å². The molecule has 126 valence electrons. The second-order valence-electron chi connectivity index (χ2n) is 5.64. The first-order valence-electron chi connectivity index (χ1n) is 7.82. The molecule has 0 spiro atoms. The maximum absolute atomic E-state index is 5.69. The van der Waals surface area contributed by atoms with Crippen LogP contribution in [0, 0.1) is 0 Å². The van der Waals surface area contributed by atoms with Crippen LogP contribution in [0.2, 0.25) is 0 Å². The largest absolute Gasteiger partial charge is 0.382 e. The maximum atomic E-state index is 5.69. The van der Waals surface area contributed by atoms with Crippen molar-refractivity contribution in [3.05, 3.63) is 47.3 Å². The highest BCUT2D eigenvalue weighted by atomic mass is 16.5. The Bertz CT molecular complexity index is 567. The summed E-state index contributed by atoms with van der Waals surface area (Å²) in [6.07, 6.45) is 1.92. The Kier molecular flexibility index (Phi) is 7.19. The topological polar surface area (TPSA) is 58.4 Å². The molecule has 1 aromatic carbocycles. The summed E-state index contributed by atoms with van der Waals surface area (Å²) in [7, 11) is 1.67. The van der Waals surface area contributed by atoms with E-state index >= 15 is 0 Å². The summed E-state index contributed by atoms with van der Waals surface area (Å²) in [4.78, 5) is 0. The molecular weight excluding hydrogens is 294 g/mol. The third kappa shape index (κ3) is 6.09. The second-order valence-corrected chi connectivity index (χ2v) is 5.64. The predicted molar refractivity (Wildman–Crippen MR) is 86.9 cm³/mol. The van der Waals surface area contributed by atoms with Gasteiger partial charge in [-0.3, -0.25) is 0 Å². The zero-order valence-electron chi connectivity index (χ0n) is 14.1. The standard InChI is InChI=1S/C17H25N3O3/c1-14(2)20-10-17(18-19-20)13-23-12-16-6-4-15(5-7-16)11-22-9-8-21-3/h4-7,10,14H,8-9,11-13H2,1-3H3. The van der Waals surface area contributed by atoms with Crippen molar-refractivity contribution < 1.29 is 14.2 Å². The van der Waals surface area contributed by atoms with Crippen molar-refractivity contribution in [3.63, 3.8) is 0 Å². The van der Waals surface area contributed by atoms with Gasteiger partial charge in [-0.2, -0.15) is 0 Å². The summed E-state index contributed by atoms with van der Waals surface area (Å²) in [6, 6.07) is 8.54. The maximum Gasteiger partial charge on any atom is 0.108 e. The molecule has 1 heterocycles. The third-order valence-corrected chi connectivity index (χ3v) is 3.33. The molecule has 6 heteroatoms. The molecular formula is C17H25N3O3. The van der Waals surface area contributed by atoms with Crippen LogP contribution in [0.1, 0.15) is 36.7 Å². The minimum absolute atomic E-state index is 0.315. The molecule has 0 aliphatic rings. The van der Waals surface area contributed by atoms with Crippen molar-refractivity contribution in [2.45, 2.75) is 39.7 Å². The minimum atomic E-state index is 0.315. The third-order valence-electron chi connectivity index (χ3n) is 3.33. The molecule has 1 aromatic heterocycles. The molecule has 23 heavy (non-hydrogen) atoms. The fraction of sp³-hybridized carbons (Fsp3) is 0.529. The zero-order valence-corrected chi connectivity index (χ0v) is 14.1. The highest BCUT2D eigenvalue weighted by molar-refractivity contribution is 5.21. The van der Waals surface area contributed by atoms with Gasteiger partial charge >= 0.3 is 0 Å². The average Bonchev–Trinajstić information content (AvgIpc) is 3.02. The second kappa shape index (κ2) is 9.39. The molecule has 6 nitrogen and oxygen atoms in total. The molecule has 2 rings (SSSR count). The van der Waals surface area contributed by atoms with Gasteiger partial charge in [-0.15, -0.1) is 5.10 Å². The number of ether oxygens (including phenoxy) is 3. The first-order chi connectivity index (χ1) is 11.2. The van der Waals surface area contributed by atoms with Crippen molar-refractivity contribution in [2.24, 2.45) is 0 Å². The van der Waals surface area contributed by atoms with Crippen LogP contribution in [0.5, 0.6) is 0 Å². The molecule has 0 saturated heterocycles. The van der Waals surface area contributed by atoms with Crippen molar-refractivity contribution in [1.29, 1.82) is 0 Å². The van der Waals surface area contributed by atoms with Crippen molar-refractivity contribution in [3.8, 4) is 0 Å². The van der Waals surface area contributed by atoms with E-state index in [1.807, 2.05) is 10.9 Å². The summed E-state index contributed by atoms with van der Waals surface area (Å²) in [5, 5.41) is 8.15. The Balaban J connectivity index is 1.71. The minimum Gasteiger partial charge on any atom is -0.382 e. The molecule has 0 bridgehead atoms. The van der Waals surface area contributed by atoms with Gasteiger partial charge in [-0.1, -0.05) is 29.5 Å². The van der Waals surface area contributed by atoms with Crippen LogP contribution in [0.3, 0.4) is 0 Å². The van der Waals surface area contributed by atoms with Crippen LogP contribution >= 0.6 is 0 Å². The van der Waals surface area contributed by atoms with Crippen molar-refractivity contribution in [2.75, 3.05) is 20.3 Å². The van der Waals surface area contributed by atoms with Crippen molar-refractivity contribution >= 4 is 0 Å². The normalized spacial score (nSPS) is 11.3. The van der Waals surface area contributed by atoms with Crippen LogP contribution in [0.15, 0.2) is 30.5 Å². The first-order valence-corrected chi connectivity index (χ1v) is 7.82. The summed E-state index contributed by atoms with van der Waals surface area (Å²) >= 11 is 0. The monoisotopic (exact) mass is 319 g/mol. The molecule has 0 amide bonds. The van der Waals surface area contributed by atoms with Crippen molar-refractivity contribution in [1.82, 2.24) is 15.0 Å². The Hall–Kier alpha value is -1.76. The van der Waals surface area contributed by atoms with Crippen LogP contribution in [0.25, 0.3) is 0 Å². The van der Waals surface area contributed by atoms with E-state index in [1.54, 1.807) is 7.11 Å².